The summed E-state index contributed by atoms with van der Waals surface area (Å²) in [6.07, 6.45) is 3.83. The molecule has 144 valence electrons. The van der Waals surface area contributed by atoms with Gasteiger partial charge in [-0.1, -0.05) is 30.3 Å². The van der Waals surface area contributed by atoms with Crippen LogP contribution in [0.3, 0.4) is 0 Å². The average molecular weight is 377 g/mol. The van der Waals surface area contributed by atoms with Crippen molar-refractivity contribution in [1.29, 1.82) is 0 Å². The van der Waals surface area contributed by atoms with E-state index in [2.05, 4.69) is 17.4 Å². The maximum Gasteiger partial charge on any atom is 0.223 e. The molecule has 1 aliphatic heterocycles. The lowest BCUT2D eigenvalue weighted by Crippen LogP contribution is -2.26. The molecule has 0 saturated carbocycles. The summed E-state index contributed by atoms with van der Waals surface area (Å²) in [5.74, 6) is 2.49. The van der Waals surface area contributed by atoms with E-state index in [4.69, 9.17) is 14.2 Å². The van der Waals surface area contributed by atoms with Crippen molar-refractivity contribution < 1.29 is 19.0 Å². The largest absolute Gasteiger partial charge is 0.493 e. The first-order valence-corrected chi connectivity index (χ1v) is 9.31. The number of carbonyl (C=O) groups is 1. The Balaban J connectivity index is 1.83. The van der Waals surface area contributed by atoms with E-state index < -0.39 is 0 Å². The standard InChI is InChI=1S/C23H23NO4/c1-14(25)24-22-13-19(16-9-11-20(26-2)21(12-16)27-3)18-10-8-15-6-4-5-7-17(15)23(18)28-22/h4-7,9,11-13,19H,8,10H2,1-3H3,(H,24,25). The molecule has 1 aliphatic carbocycles. The van der Waals surface area contributed by atoms with Gasteiger partial charge in [0.05, 0.1) is 14.2 Å². The second kappa shape index (κ2) is 7.43. The van der Waals surface area contributed by atoms with Crippen molar-refractivity contribution in [3.8, 4) is 11.5 Å². The molecule has 1 unspecified atom stereocenters. The molecule has 0 spiro atoms. The maximum atomic E-state index is 11.7. The molecule has 2 aliphatic rings. The van der Waals surface area contributed by atoms with E-state index in [-0.39, 0.29) is 11.8 Å². The molecule has 1 atom stereocenters. The summed E-state index contributed by atoms with van der Waals surface area (Å²) in [6.45, 7) is 1.48. The van der Waals surface area contributed by atoms with Gasteiger partial charge >= 0.3 is 0 Å². The molecule has 1 N–H and O–H groups in total. The van der Waals surface area contributed by atoms with Crippen LogP contribution in [0.25, 0.3) is 5.76 Å². The Labute approximate surface area is 164 Å². The zero-order valence-electron chi connectivity index (χ0n) is 16.2. The topological polar surface area (TPSA) is 56.8 Å². The van der Waals surface area contributed by atoms with Gasteiger partial charge in [-0.15, -0.1) is 0 Å². The fourth-order valence-electron chi connectivity index (χ4n) is 3.91. The number of aryl methyl sites for hydroxylation is 1. The van der Waals surface area contributed by atoms with Gasteiger partial charge in [-0.3, -0.25) is 10.1 Å². The van der Waals surface area contributed by atoms with Crippen LogP contribution in [0.15, 0.2) is 60.0 Å². The number of ether oxygens (including phenoxy) is 3. The molecule has 5 heteroatoms. The van der Waals surface area contributed by atoms with Gasteiger partial charge in [0.15, 0.2) is 17.4 Å². The van der Waals surface area contributed by atoms with Crippen LogP contribution >= 0.6 is 0 Å². The third-order valence-electron chi connectivity index (χ3n) is 5.19. The minimum absolute atomic E-state index is 0.0150. The summed E-state index contributed by atoms with van der Waals surface area (Å²) in [6, 6.07) is 14.2. The Bertz CT molecular complexity index is 990. The van der Waals surface area contributed by atoms with Crippen molar-refractivity contribution in [2.45, 2.75) is 25.7 Å². The van der Waals surface area contributed by atoms with E-state index in [9.17, 15) is 4.79 Å². The molecule has 5 nitrogen and oxygen atoms in total. The van der Waals surface area contributed by atoms with Crippen LogP contribution < -0.4 is 14.8 Å². The predicted octanol–water partition coefficient (Wildman–Crippen LogP) is 4.15. The molecule has 1 amide bonds. The molecule has 0 bridgehead atoms. The zero-order valence-corrected chi connectivity index (χ0v) is 16.2. The van der Waals surface area contributed by atoms with Crippen LogP contribution in [-0.2, 0) is 16.0 Å². The molecule has 0 fully saturated rings. The normalized spacial score (nSPS) is 17.7. The molecular weight excluding hydrogens is 354 g/mol. The van der Waals surface area contributed by atoms with E-state index >= 15 is 0 Å². The van der Waals surface area contributed by atoms with Crippen LogP contribution in [-0.4, -0.2) is 20.1 Å². The van der Waals surface area contributed by atoms with E-state index in [0.29, 0.717) is 17.4 Å². The molecule has 0 saturated heterocycles. The molecule has 0 radical (unpaired) electrons. The van der Waals surface area contributed by atoms with Crippen LogP contribution in [0.1, 0.15) is 36.0 Å². The number of benzene rings is 2. The zero-order chi connectivity index (χ0) is 19.7. The number of fused-ring (bicyclic) bond motifs is 2. The van der Waals surface area contributed by atoms with Gasteiger partial charge in [0.2, 0.25) is 5.91 Å². The predicted molar refractivity (Wildman–Crippen MR) is 107 cm³/mol. The average Bonchev–Trinajstić information content (AvgIpc) is 2.72. The first-order chi connectivity index (χ1) is 13.6. The van der Waals surface area contributed by atoms with Crippen molar-refractivity contribution >= 4 is 11.7 Å². The summed E-state index contributed by atoms with van der Waals surface area (Å²) in [7, 11) is 3.26. The maximum absolute atomic E-state index is 11.7. The van der Waals surface area contributed by atoms with Crippen LogP contribution in [0, 0.1) is 0 Å². The van der Waals surface area contributed by atoms with E-state index in [1.807, 2.05) is 36.4 Å². The summed E-state index contributed by atoms with van der Waals surface area (Å²) in [5, 5.41) is 2.81. The van der Waals surface area contributed by atoms with Crippen molar-refractivity contribution in [3.05, 3.63) is 76.7 Å². The van der Waals surface area contributed by atoms with Crippen molar-refractivity contribution in [1.82, 2.24) is 5.32 Å². The summed E-state index contributed by atoms with van der Waals surface area (Å²) in [5.41, 5.74) is 4.62. The van der Waals surface area contributed by atoms with E-state index in [1.54, 1.807) is 14.2 Å². The first-order valence-electron chi connectivity index (χ1n) is 9.31. The molecule has 0 aromatic heterocycles. The second-order valence-electron chi connectivity index (χ2n) is 6.92. The van der Waals surface area contributed by atoms with Crippen LogP contribution in [0.5, 0.6) is 11.5 Å². The number of rotatable bonds is 4. The Morgan fingerprint density at radius 2 is 1.86 bits per heavy atom. The van der Waals surface area contributed by atoms with Crippen LogP contribution in [0.4, 0.5) is 0 Å². The lowest BCUT2D eigenvalue weighted by molar-refractivity contribution is -0.118. The van der Waals surface area contributed by atoms with E-state index in [1.165, 1.54) is 18.1 Å². The van der Waals surface area contributed by atoms with E-state index in [0.717, 1.165) is 29.7 Å². The SMILES string of the molecule is COc1ccc(C2C=C(NC(C)=O)OC3=C2CCc2ccccc23)cc1OC. The molecule has 28 heavy (non-hydrogen) atoms. The minimum atomic E-state index is -0.162. The first kappa shape index (κ1) is 18.2. The monoisotopic (exact) mass is 377 g/mol. The highest BCUT2D eigenvalue weighted by Gasteiger charge is 2.31. The number of carbonyl (C=O) groups excluding carboxylic acids is 1. The highest BCUT2D eigenvalue weighted by molar-refractivity contribution is 5.77. The number of allylic oxidation sites excluding steroid dienone is 2. The smallest absolute Gasteiger partial charge is 0.223 e. The lowest BCUT2D eigenvalue weighted by atomic mass is 9.80. The third kappa shape index (κ3) is 3.24. The van der Waals surface area contributed by atoms with Crippen LogP contribution in [0.2, 0.25) is 0 Å². The Morgan fingerprint density at radius 1 is 1.07 bits per heavy atom. The Kier molecular flexibility index (Phi) is 4.82. The summed E-state index contributed by atoms with van der Waals surface area (Å²) < 4.78 is 17.0. The molecular formula is C23H23NO4. The van der Waals surface area contributed by atoms with Gasteiger partial charge in [-0.05, 0) is 47.8 Å². The Hall–Kier alpha value is -3.21. The molecule has 4 rings (SSSR count). The fourth-order valence-corrected chi connectivity index (χ4v) is 3.91. The third-order valence-corrected chi connectivity index (χ3v) is 5.19. The van der Waals surface area contributed by atoms with Crippen molar-refractivity contribution in [3.63, 3.8) is 0 Å². The van der Waals surface area contributed by atoms with Gasteiger partial charge in [0, 0.05) is 18.4 Å². The molecule has 1 heterocycles. The Morgan fingerprint density at radius 3 is 2.61 bits per heavy atom. The highest BCUT2D eigenvalue weighted by atomic mass is 16.5. The molecule has 2 aromatic carbocycles. The van der Waals surface area contributed by atoms with Gasteiger partial charge < -0.3 is 14.2 Å². The quantitative estimate of drug-likeness (QED) is 0.870. The van der Waals surface area contributed by atoms with Gasteiger partial charge in [-0.25, -0.2) is 0 Å². The van der Waals surface area contributed by atoms with Gasteiger partial charge in [0.1, 0.15) is 5.76 Å². The fraction of sp³-hybridized carbons (Fsp3) is 0.261. The molecule has 2 aromatic rings. The minimum Gasteiger partial charge on any atom is -0.493 e. The summed E-state index contributed by atoms with van der Waals surface area (Å²) in [4.78, 5) is 11.7. The van der Waals surface area contributed by atoms with Crippen molar-refractivity contribution in [2.24, 2.45) is 0 Å². The lowest BCUT2D eigenvalue weighted by Gasteiger charge is -2.32. The number of hydrogen-bond acceptors (Lipinski definition) is 4. The van der Waals surface area contributed by atoms with Gasteiger partial charge in [0.25, 0.3) is 0 Å². The number of nitrogens with one attached hydrogen (secondary N) is 1. The number of amides is 1. The second-order valence-corrected chi connectivity index (χ2v) is 6.92. The number of methoxy groups -OCH3 is 2. The van der Waals surface area contributed by atoms with Crippen molar-refractivity contribution in [2.75, 3.05) is 14.2 Å². The summed E-state index contributed by atoms with van der Waals surface area (Å²) >= 11 is 0. The highest BCUT2D eigenvalue weighted by Crippen LogP contribution is 2.45. The number of hydrogen-bond donors (Lipinski definition) is 1. The van der Waals surface area contributed by atoms with Gasteiger partial charge in [-0.2, -0.15) is 0 Å².